The summed E-state index contributed by atoms with van der Waals surface area (Å²) in [6.07, 6.45) is 4.84. The van der Waals surface area contributed by atoms with Crippen molar-refractivity contribution in [3.8, 4) is 0 Å². The van der Waals surface area contributed by atoms with Gasteiger partial charge in [-0.25, -0.2) is 10.1 Å². The highest BCUT2D eigenvalue weighted by atomic mass is 16.7. The summed E-state index contributed by atoms with van der Waals surface area (Å²) in [5, 5.41) is 13.0. The van der Waals surface area contributed by atoms with Crippen LogP contribution >= 0.6 is 0 Å². The number of piperidine rings is 1. The lowest BCUT2D eigenvalue weighted by atomic mass is 10.1. The van der Waals surface area contributed by atoms with Crippen LogP contribution in [0.3, 0.4) is 0 Å². The van der Waals surface area contributed by atoms with Crippen molar-refractivity contribution in [1.29, 1.82) is 0 Å². The van der Waals surface area contributed by atoms with E-state index in [9.17, 15) is 14.9 Å². The van der Waals surface area contributed by atoms with Crippen LogP contribution in [0.2, 0.25) is 0 Å². The second-order valence-corrected chi connectivity index (χ2v) is 4.47. The summed E-state index contributed by atoms with van der Waals surface area (Å²) < 4.78 is 1.50. The van der Waals surface area contributed by atoms with Crippen LogP contribution < -0.4 is 5.49 Å². The van der Waals surface area contributed by atoms with E-state index in [-0.39, 0.29) is 17.9 Å². The van der Waals surface area contributed by atoms with Gasteiger partial charge in [0.05, 0.1) is 5.10 Å². The molecule has 2 heterocycles. The number of amides is 1. The van der Waals surface area contributed by atoms with E-state index in [2.05, 4.69) is 5.10 Å². The molecule has 1 aromatic heterocycles. The SMILES string of the molecule is O=C(Cn1ccccc1=N[N+](=O)[O-])N1CCCCC1. The van der Waals surface area contributed by atoms with Gasteiger partial charge >= 0.3 is 0 Å². The second kappa shape index (κ2) is 6.12. The molecule has 1 amide bonds. The van der Waals surface area contributed by atoms with Crippen LogP contribution in [0.4, 0.5) is 0 Å². The van der Waals surface area contributed by atoms with E-state index >= 15 is 0 Å². The number of hydrogen-bond donors (Lipinski definition) is 0. The van der Waals surface area contributed by atoms with E-state index in [1.165, 1.54) is 10.6 Å². The van der Waals surface area contributed by atoms with Crippen molar-refractivity contribution in [1.82, 2.24) is 9.47 Å². The third kappa shape index (κ3) is 3.64. The molecular formula is C12H16N4O3. The largest absolute Gasteiger partial charge is 0.341 e. The van der Waals surface area contributed by atoms with Gasteiger partial charge in [0.15, 0.2) is 5.03 Å². The van der Waals surface area contributed by atoms with Crippen LogP contribution in [0, 0.1) is 10.1 Å². The Morgan fingerprint density at radius 1 is 1.32 bits per heavy atom. The second-order valence-electron chi connectivity index (χ2n) is 4.47. The van der Waals surface area contributed by atoms with Gasteiger partial charge in [-0.3, -0.25) is 4.79 Å². The van der Waals surface area contributed by atoms with Gasteiger partial charge in [-0.15, -0.1) is 0 Å². The predicted octanol–water partition coefficient (Wildman–Crippen LogP) is 0.593. The minimum atomic E-state index is -0.753. The Bertz CT molecular complexity index is 532. The Morgan fingerprint density at radius 3 is 2.74 bits per heavy atom. The molecule has 1 aliphatic rings. The molecule has 1 aliphatic heterocycles. The van der Waals surface area contributed by atoms with Crippen molar-refractivity contribution in [2.75, 3.05) is 13.1 Å². The highest BCUT2D eigenvalue weighted by Gasteiger charge is 2.16. The zero-order chi connectivity index (χ0) is 13.7. The Balaban J connectivity index is 2.14. The standard InChI is InChI=1S/C12H16N4O3/c17-12(14-7-3-1-4-8-14)10-15-9-5-2-6-11(15)13-16(18)19/h2,5-6,9H,1,3-4,7-8,10H2. The number of aromatic nitrogens is 1. The van der Waals surface area contributed by atoms with Crippen molar-refractivity contribution < 1.29 is 9.83 Å². The topological polar surface area (TPSA) is 80.7 Å². The van der Waals surface area contributed by atoms with E-state index in [4.69, 9.17) is 0 Å². The number of rotatable bonds is 3. The highest BCUT2D eigenvalue weighted by molar-refractivity contribution is 5.76. The predicted molar refractivity (Wildman–Crippen MR) is 67.4 cm³/mol. The fraction of sp³-hybridized carbons (Fsp3) is 0.500. The Kier molecular flexibility index (Phi) is 4.27. The number of nitrogens with zero attached hydrogens (tertiary/aromatic N) is 4. The summed E-state index contributed by atoms with van der Waals surface area (Å²) in [5.41, 5.74) is 0.179. The van der Waals surface area contributed by atoms with Crippen LogP contribution in [-0.4, -0.2) is 33.5 Å². The summed E-state index contributed by atoms with van der Waals surface area (Å²) in [7, 11) is 0. The number of hydrogen-bond acceptors (Lipinski definition) is 3. The van der Waals surface area contributed by atoms with Crippen LogP contribution in [0.15, 0.2) is 29.5 Å². The lowest BCUT2D eigenvalue weighted by Gasteiger charge is -2.26. The summed E-state index contributed by atoms with van der Waals surface area (Å²) in [5.74, 6) is -0.0179. The molecule has 0 radical (unpaired) electrons. The van der Waals surface area contributed by atoms with E-state index in [0.29, 0.717) is 0 Å². The van der Waals surface area contributed by atoms with Gasteiger partial charge in [0.25, 0.3) is 0 Å². The van der Waals surface area contributed by atoms with Gasteiger partial charge in [-0.1, -0.05) is 6.07 Å². The van der Waals surface area contributed by atoms with E-state index in [1.807, 2.05) is 0 Å². The smallest absolute Gasteiger partial charge is 0.242 e. The average Bonchev–Trinajstić information content (AvgIpc) is 2.41. The molecular weight excluding hydrogens is 248 g/mol. The van der Waals surface area contributed by atoms with Gasteiger partial charge in [0.1, 0.15) is 6.54 Å². The van der Waals surface area contributed by atoms with Gasteiger partial charge in [-0.05, 0) is 31.4 Å². The summed E-state index contributed by atoms with van der Waals surface area (Å²) >= 11 is 0. The average molecular weight is 264 g/mol. The monoisotopic (exact) mass is 264 g/mol. The number of likely N-dealkylation sites (tertiary alicyclic amines) is 1. The minimum Gasteiger partial charge on any atom is -0.341 e. The first-order valence-corrected chi connectivity index (χ1v) is 6.29. The van der Waals surface area contributed by atoms with Crippen molar-refractivity contribution in [2.45, 2.75) is 25.8 Å². The molecule has 0 saturated carbocycles. The van der Waals surface area contributed by atoms with Crippen LogP contribution in [-0.2, 0) is 11.3 Å². The molecule has 102 valence electrons. The van der Waals surface area contributed by atoms with Crippen LogP contribution in [0.5, 0.6) is 0 Å². The van der Waals surface area contributed by atoms with E-state index in [0.717, 1.165) is 32.4 Å². The molecule has 2 rings (SSSR count). The molecule has 0 unspecified atom stereocenters. The molecule has 0 N–H and O–H groups in total. The molecule has 19 heavy (non-hydrogen) atoms. The first-order valence-electron chi connectivity index (χ1n) is 6.29. The molecule has 0 aromatic carbocycles. The normalized spacial score (nSPS) is 16.4. The van der Waals surface area contributed by atoms with Crippen LogP contribution in [0.1, 0.15) is 19.3 Å². The molecule has 1 aromatic rings. The molecule has 0 atom stereocenters. The Hall–Kier alpha value is -2.18. The third-order valence-electron chi connectivity index (χ3n) is 3.12. The molecule has 1 saturated heterocycles. The van der Waals surface area contributed by atoms with Crippen molar-refractivity contribution in [3.63, 3.8) is 0 Å². The van der Waals surface area contributed by atoms with Crippen LogP contribution in [0.25, 0.3) is 0 Å². The minimum absolute atomic E-state index is 0.0179. The van der Waals surface area contributed by atoms with Crippen molar-refractivity contribution in [2.24, 2.45) is 5.10 Å². The van der Waals surface area contributed by atoms with Gasteiger partial charge < -0.3 is 9.47 Å². The Labute approximate surface area is 110 Å². The van der Waals surface area contributed by atoms with Gasteiger partial charge in [-0.2, -0.15) is 0 Å². The fourth-order valence-electron chi connectivity index (χ4n) is 2.16. The molecule has 7 nitrogen and oxygen atoms in total. The zero-order valence-electron chi connectivity index (χ0n) is 10.6. The van der Waals surface area contributed by atoms with Gasteiger partial charge in [0.2, 0.25) is 11.4 Å². The highest BCUT2D eigenvalue weighted by Crippen LogP contribution is 2.08. The van der Waals surface area contributed by atoms with Crippen molar-refractivity contribution in [3.05, 3.63) is 40.0 Å². The van der Waals surface area contributed by atoms with E-state index in [1.54, 1.807) is 23.2 Å². The number of carbonyl (C=O) groups is 1. The lowest BCUT2D eigenvalue weighted by molar-refractivity contribution is -0.490. The Morgan fingerprint density at radius 2 is 2.05 bits per heavy atom. The van der Waals surface area contributed by atoms with Crippen molar-refractivity contribution >= 4 is 5.91 Å². The fourth-order valence-corrected chi connectivity index (χ4v) is 2.16. The summed E-state index contributed by atoms with van der Waals surface area (Å²) in [4.78, 5) is 24.3. The molecule has 0 spiro atoms. The maximum Gasteiger partial charge on any atom is 0.242 e. The number of nitro groups is 1. The van der Waals surface area contributed by atoms with Gasteiger partial charge in [0, 0.05) is 19.3 Å². The lowest BCUT2D eigenvalue weighted by Crippen LogP contribution is -2.39. The maximum absolute atomic E-state index is 12.1. The molecule has 0 bridgehead atoms. The zero-order valence-corrected chi connectivity index (χ0v) is 10.6. The summed E-state index contributed by atoms with van der Waals surface area (Å²) in [6.45, 7) is 1.63. The molecule has 1 fully saturated rings. The molecule has 7 heteroatoms. The maximum atomic E-state index is 12.1. The first-order chi connectivity index (χ1) is 9.16. The molecule has 0 aliphatic carbocycles. The third-order valence-corrected chi connectivity index (χ3v) is 3.12. The number of carbonyl (C=O) groups excluding carboxylic acids is 1. The summed E-state index contributed by atoms with van der Waals surface area (Å²) in [6, 6.07) is 4.90. The number of pyridine rings is 1. The quantitative estimate of drug-likeness (QED) is 0.592. The van der Waals surface area contributed by atoms with E-state index < -0.39 is 5.03 Å². The first kappa shape index (κ1) is 13.3.